The average Bonchev–Trinajstić information content (AvgIpc) is 3.21. The Balaban J connectivity index is 1.37. The maximum Gasteiger partial charge on any atom is 0.119 e. The van der Waals surface area contributed by atoms with Crippen molar-refractivity contribution in [3.8, 4) is 11.8 Å². The van der Waals surface area contributed by atoms with Gasteiger partial charge in [-0.25, -0.2) is 0 Å². The fourth-order valence-corrected chi connectivity index (χ4v) is 4.26. The number of rotatable bonds is 7. The molecule has 2 fully saturated rings. The summed E-state index contributed by atoms with van der Waals surface area (Å²) in [5, 5.41) is 22.3. The Labute approximate surface area is 138 Å². The summed E-state index contributed by atoms with van der Waals surface area (Å²) in [6.45, 7) is 3.08. The van der Waals surface area contributed by atoms with E-state index in [0.717, 1.165) is 17.8 Å². The summed E-state index contributed by atoms with van der Waals surface area (Å²) >= 11 is 0. The lowest BCUT2D eigenvalue weighted by Gasteiger charge is -2.29. The van der Waals surface area contributed by atoms with Crippen LogP contribution in [0.15, 0.2) is 24.3 Å². The van der Waals surface area contributed by atoms with Crippen LogP contribution in [0, 0.1) is 29.1 Å². The minimum Gasteiger partial charge on any atom is -0.491 e. The lowest BCUT2D eigenvalue weighted by Crippen LogP contribution is -2.41. The number of benzene rings is 1. The normalized spacial score (nSPS) is 28.3. The first kappa shape index (κ1) is 16.3. The zero-order valence-corrected chi connectivity index (χ0v) is 13.7. The fourth-order valence-electron chi connectivity index (χ4n) is 4.26. The van der Waals surface area contributed by atoms with Crippen LogP contribution in [0.5, 0.6) is 5.75 Å². The lowest BCUT2D eigenvalue weighted by atomic mass is 9.84. The van der Waals surface area contributed by atoms with Gasteiger partial charge in [-0.3, -0.25) is 0 Å². The van der Waals surface area contributed by atoms with Gasteiger partial charge in [0.25, 0.3) is 0 Å². The Morgan fingerprint density at radius 2 is 2.09 bits per heavy atom. The van der Waals surface area contributed by atoms with Crippen LogP contribution in [0.25, 0.3) is 0 Å². The van der Waals surface area contributed by atoms with Gasteiger partial charge < -0.3 is 15.2 Å². The highest BCUT2D eigenvalue weighted by Gasteiger charge is 2.41. The van der Waals surface area contributed by atoms with Gasteiger partial charge in [-0.15, -0.1) is 0 Å². The van der Waals surface area contributed by atoms with Crippen LogP contribution in [0.2, 0.25) is 0 Å². The molecular weight excluding hydrogens is 288 g/mol. The van der Waals surface area contributed by atoms with Gasteiger partial charge in [0.05, 0.1) is 11.6 Å². The van der Waals surface area contributed by atoms with Crippen LogP contribution in [0.4, 0.5) is 0 Å². The van der Waals surface area contributed by atoms with E-state index in [1.807, 2.05) is 0 Å². The number of nitriles is 1. The molecule has 4 heteroatoms. The molecule has 4 nitrogen and oxygen atoms in total. The molecule has 2 aliphatic rings. The van der Waals surface area contributed by atoms with Crippen molar-refractivity contribution in [3.63, 3.8) is 0 Å². The van der Waals surface area contributed by atoms with Crippen molar-refractivity contribution in [2.75, 3.05) is 13.2 Å². The summed E-state index contributed by atoms with van der Waals surface area (Å²) < 4.78 is 5.57. The van der Waals surface area contributed by atoms with Crippen LogP contribution < -0.4 is 10.1 Å². The maximum absolute atomic E-state index is 10.1. The monoisotopic (exact) mass is 314 g/mol. The lowest BCUT2D eigenvalue weighted by molar-refractivity contribution is 0.0993. The number of hydrogen-bond acceptors (Lipinski definition) is 4. The molecule has 0 amide bonds. The molecule has 3 rings (SSSR count). The van der Waals surface area contributed by atoms with Crippen molar-refractivity contribution in [2.24, 2.45) is 17.8 Å². The fraction of sp³-hybridized carbons (Fsp3) is 0.632. The van der Waals surface area contributed by atoms with Crippen LogP contribution in [0.1, 0.15) is 38.2 Å². The van der Waals surface area contributed by atoms with Crippen molar-refractivity contribution in [1.29, 1.82) is 5.26 Å². The number of aliphatic hydroxyl groups is 1. The molecule has 0 saturated heterocycles. The van der Waals surface area contributed by atoms with E-state index in [0.29, 0.717) is 23.9 Å². The molecule has 2 aliphatic carbocycles. The zero-order valence-electron chi connectivity index (χ0n) is 13.7. The van der Waals surface area contributed by atoms with Crippen LogP contribution in [0.3, 0.4) is 0 Å². The number of nitrogens with one attached hydrogen (secondary N) is 1. The van der Waals surface area contributed by atoms with Gasteiger partial charge in [-0.1, -0.05) is 6.42 Å². The third-order valence-corrected chi connectivity index (χ3v) is 5.54. The second kappa shape index (κ2) is 7.33. The highest BCUT2D eigenvalue weighted by molar-refractivity contribution is 5.34. The molecule has 0 heterocycles. The van der Waals surface area contributed by atoms with E-state index in [9.17, 15) is 5.11 Å². The van der Waals surface area contributed by atoms with E-state index in [2.05, 4.69) is 18.3 Å². The summed E-state index contributed by atoms with van der Waals surface area (Å²) in [6, 6.07) is 9.50. The second-order valence-electron chi connectivity index (χ2n) is 7.14. The number of ether oxygens (including phenoxy) is 1. The molecule has 0 radical (unpaired) electrons. The Kier molecular flexibility index (Phi) is 5.20. The molecule has 5 atom stereocenters. The minimum absolute atomic E-state index is 0.266. The van der Waals surface area contributed by atoms with Crippen molar-refractivity contribution >= 4 is 0 Å². The van der Waals surface area contributed by atoms with E-state index < -0.39 is 6.10 Å². The summed E-state index contributed by atoms with van der Waals surface area (Å²) in [4.78, 5) is 0. The molecule has 0 unspecified atom stereocenters. The molecule has 0 aromatic heterocycles. The summed E-state index contributed by atoms with van der Waals surface area (Å²) in [5.41, 5.74) is 0.610. The summed E-state index contributed by atoms with van der Waals surface area (Å²) in [6.07, 6.45) is 5.07. The predicted octanol–water partition coefficient (Wildman–Crippen LogP) is 2.71. The second-order valence-corrected chi connectivity index (χ2v) is 7.14. The van der Waals surface area contributed by atoms with Crippen LogP contribution >= 0.6 is 0 Å². The Bertz CT molecular complexity index is 551. The van der Waals surface area contributed by atoms with Crippen molar-refractivity contribution in [3.05, 3.63) is 29.8 Å². The highest BCUT2D eigenvalue weighted by Crippen LogP contribution is 2.49. The third kappa shape index (κ3) is 4.04. The van der Waals surface area contributed by atoms with Gasteiger partial charge in [0.15, 0.2) is 0 Å². The van der Waals surface area contributed by atoms with Crippen molar-refractivity contribution in [1.82, 2.24) is 5.32 Å². The van der Waals surface area contributed by atoms with Gasteiger partial charge in [-0.05, 0) is 68.2 Å². The van der Waals surface area contributed by atoms with Crippen LogP contribution in [-0.4, -0.2) is 30.4 Å². The van der Waals surface area contributed by atoms with Gasteiger partial charge in [-0.2, -0.15) is 5.26 Å². The topological polar surface area (TPSA) is 65.3 Å². The molecule has 1 aromatic rings. The van der Waals surface area contributed by atoms with E-state index in [1.165, 1.54) is 25.7 Å². The molecule has 2 bridgehead atoms. The smallest absolute Gasteiger partial charge is 0.119 e. The molecule has 2 saturated carbocycles. The van der Waals surface area contributed by atoms with E-state index in [-0.39, 0.29) is 6.61 Å². The number of aliphatic hydroxyl groups excluding tert-OH is 1. The van der Waals surface area contributed by atoms with Gasteiger partial charge in [0, 0.05) is 12.6 Å². The zero-order chi connectivity index (χ0) is 16.2. The largest absolute Gasteiger partial charge is 0.491 e. The molecular formula is C19H26N2O2. The third-order valence-electron chi connectivity index (χ3n) is 5.54. The molecule has 0 spiro atoms. The van der Waals surface area contributed by atoms with Crippen LogP contribution in [-0.2, 0) is 0 Å². The Hall–Kier alpha value is -1.57. The van der Waals surface area contributed by atoms with Gasteiger partial charge in [0.2, 0.25) is 0 Å². The van der Waals surface area contributed by atoms with Crippen molar-refractivity contribution < 1.29 is 9.84 Å². The number of nitrogens with zero attached hydrogens (tertiary/aromatic N) is 1. The molecule has 1 aromatic carbocycles. The van der Waals surface area contributed by atoms with Gasteiger partial charge >= 0.3 is 0 Å². The maximum atomic E-state index is 10.1. The number of hydrogen-bond donors (Lipinski definition) is 2. The van der Waals surface area contributed by atoms with E-state index >= 15 is 0 Å². The standard InChI is InChI=1S/C19H26N2O2/c1-13(19-9-15-2-5-16(19)8-15)21-11-17(22)12-23-18-6-3-14(10-20)4-7-18/h3-4,6-7,13,15-17,19,21-22H,2,5,8-9,11-12H2,1H3/t13-,15-,16-,17+,19-/m0/s1. The summed E-state index contributed by atoms with van der Waals surface area (Å²) in [7, 11) is 0. The first-order valence-corrected chi connectivity index (χ1v) is 8.70. The Morgan fingerprint density at radius 3 is 2.70 bits per heavy atom. The Morgan fingerprint density at radius 1 is 1.30 bits per heavy atom. The van der Waals surface area contributed by atoms with E-state index in [4.69, 9.17) is 10.00 Å². The highest BCUT2D eigenvalue weighted by atomic mass is 16.5. The molecule has 2 N–H and O–H groups in total. The predicted molar refractivity (Wildman–Crippen MR) is 89.1 cm³/mol. The first-order valence-electron chi connectivity index (χ1n) is 8.70. The van der Waals surface area contributed by atoms with E-state index in [1.54, 1.807) is 24.3 Å². The minimum atomic E-state index is -0.522. The van der Waals surface area contributed by atoms with Gasteiger partial charge in [0.1, 0.15) is 18.5 Å². The summed E-state index contributed by atoms with van der Waals surface area (Å²) in [5.74, 6) is 3.32. The molecule has 23 heavy (non-hydrogen) atoms. The number of fused-ring (bicyclic) bond motifs is 2. The average molecular weight is 314 g/mol. The van der Waals surface area contributed by atoms with Crippen molar-refractivity contribution in [2.45, 2.75) is 44.8 Å². The molecule has 0 aliphatic heterocycles. The first-order chi connectivity index (χ1) is 11.2. The molecule has 124 valence electrons. The SMILES string of the molecule is C[C@H](NC[C@@H](O)COc1ccc(C#N)cc1)[C@@H]1C[C@H]2CC[C@H]1C2. The quantitative estimate of drug-likeness (QED) is 0.812.